The highest BCUT2D eigenvalue weighted by molar-refractivity contribution is 5.99. The Morgan fingerprint density at radius 2 is 1.62 bits per heavy atom. The standard InChI is InChI=1S/C22H17FN4O2/c1-14-11-18-20(12-19(14)23)24-13-25-21(18)29-17-9-7-16(8-10-17)27-22(28)26-15-5-3-2-4-6-15/h2-13H,1H3,(H2,26,27,28). The van der Waals surface area contributed by atoms with Gasteiger partial charge in [0.05, 0.1) is 10.9 Å². The van der Waals surface area contributed by atoms with Crippen LogP contribution in [0.15, 0.2) is 73.1 Å². The van der Waals surface area contributed by atoms with Gasteiger partial charge in [-0.2, -0.15) is 0 Å². The van der Waals surface area contributed by atoms with Crippen molar-refractivity contribution in [2.75, 3.05) is 10.6 Å². The van der Waals surface area contributed by atoms with E-state index >= 15 is 0 Å². The van der Waals surface area contributed by atoms with Gasteiger partial charge in [-0.3, -0.25) is 0 Å². The maximum atomic E-state index is 13.8. The molecule has 3 aromatic carbocycles. The highest BCUT2D eigenvalue weighted by atomic mass is 19.1. The topological polar surface area (TPSA) is 76.1 Å². The summed E-state index contributed by atoms with van der Waals surface area (Å²) in [5.74, 6) is 0.535. The van der Waals surface area contributed by atoms with E-state index in [0.29, 0.717) is 39.5 Å². The summed E-state index contributed by atoms with van der Waals surface area (Å²) in [6, 6.07) is 18.7. The van der Waals surface area contributed by atoms with Crippen molar-refractivity contribution < 1.29 is 13.9 Å². The molecule has 0 aliphatic heterocycles. The lowest BCUT2D eigenvalue weighted by molar-refractivity contribution is 0.262. The molecule has 0 bridgehead atoms. The Morgan fingerprint density at radius 1 is 0.931 bits per heavy atom. The van der Waals surface area contributed by atoms with Crippen LogP contribution in [0.25, 0.3) is 10.9 Å². The number of urea groups is 1. The molecule has 7 heteroatoms. The van der Waals surface area contributed by atoms with Crippen molar-refractivity contribution in [3.05, 3.63) is 84.4 Å². The molecule has 0 atom stereocenters. The molecule has 0 saturated carbocycles. The second-order valence-corrected chi connectivity index (χ2v) is 6.37. The summed E-state index contributed by atoms with van der Waals surface area (Å²) in [7, 11) is 0. The van der Waals surface area contributed by atoms with Gasteiger partial charge in [-0.05, 0) is 55.0 Å². The third-order valence-electron chi connectivity index (χ3n) is 4.24. The van der Waals surface area contributed by atoms with Crippen molar-refractivity contribution in [2.45, 2.75) is 6.92 Å². The van der Waals surface area contributed by atoms with Gasteiger partial charge in [-0.1, -0.05) is 18.2 Å². The largest absolute Gasteiger partial charge is 0.438 e. The van der Waals surface area contributed by atoms with Gasteiger partial charge in [0.2, 0.25) is 5.88 Å². The van der Waals surface area contributed by atoms with Crippen LogP contribution >= 0.6 is 0 Å². The molecule has 0 unspecified atom stereocenters. The van der Waals surface area contributed by atoms with Gasteiger partial charge in [0.1, 0.15) is 17.9 Å². The highest BCUT2D eigenvalue weighted by Crippen LogP contribution is 2.29. The van der Waals surface area contributed by atoms with Gasteiger partial charge < -0.3 is 15.4 Å². The summed E-state index contributed by atoms with van der Waals surface area (Å²) in [4.78, 5) is 20.3. The molecule has 1 heterocycles. The molecule has 2 N–H and O–H groups in total. The van der Waals surface area contributed by atoms with Crippen LogP contribution in [0.4, 0.5) is 20.6 Å². The fourth-order valence-electron chi connectivity index (χ4n) is 2.78. The van der Waals surface area contributed by atoms with Crippen LogP contribution in [-0.4, -0.2) is 16.0 Å². The number of carbonyl (C=O) groups excluding carboxylic acids is 1. The normalized spacial score (nSPS) is 10.6. The molecule has 0 aliphatic carbocycles. The molecule has 0 fully saturated rings. The minimum Gasteiger partial charge on any atom is -0.438 e. The van der Waals surface area contributed by atoms with Crippen LogP contribution in [0, 0.1) is 12.7 Å². The van der Waals surface area contributed by atoms with E-state index in [2.05, 4.69) is 20.6 Å². The SMILES string of the molecule is Cc1cc2c(Oc3ccc(NC(=O)Nc4ccccc4)cc3)ncnc2cc1F. The summed E-state index contributed by atoms with van der Waals surface area (Å²) in [6.45, 7) is 1.67. The summed E-state index contributed by atoms with van der Waals surface area (Å²) in [5.41, 5.74) is 2.26. The van der Waals surface area contributed by atoms with Crippen molar-refractivity contribution in [1.29, 1.82) is 0 Å². The van der Waals surface area contributed by atoms with E-state index in [0.717, 1.165) is 0 Å². The van der Waals surface area contributed by atoms with Crippen LogP contribution in [-0.2, 0) is 0 Å². The predicted octanol–water partition coefficient (Wildman–Crippen LogP) is 5.51. The highest BCUT2D eigenvalue weighted by Gasteiger charge is 2.10. The van der Waals surface area contributed by atoms with Gasteiger partial charge in [-0.15, -0.1) is 0 Å². The van der Waals surface area contributed by atoms with E-state index in [1.807, 2.05) is 18.2 Å². The zero-order chi connectivity index (χ0) is 20.2. The van der Waals surface area contributed by atoms with E-state index in [-0.39, 0.29) is 11.8 Å². The number of anilines is 2. The smallest absolute Gasteiger partial charge is 0.323 e. The number of carbonyl (C=O) groups is 1. The first-order chi connectivity index (χ1) is 14.1. The molecular formula is C22H17FN4O2. The molecule has 0 spiro atoms. The number of benzene rings is 3. The number of fused-ring (bicyclic) bond motifs is 1. The number of nitrogens with one attached hydrogen (secondary N) is 2. The first-order valence-corrected chi connectivity index (χ1v) is 8.90. The van der Waals surface area contributed by atoms with Crippen molar-refractivity contribution in [3.8, 4) is 11.6 Å². The third kappa shape index (κ3) is 4.30. The maximum absolute atomic E-state index is 13.8. The van der Waals surface area contributed by atoms with Crippen molar-refractivity contribution >= 4 is 28.3 Å². The number of nitrogens with zero attached hydrogens (tertiary/aromatic N) is 2. The number of para-hydroxylation sites is 1. The zero-order valence-electron chi connectivity index (χ0n) is 15.5. The molecule has 29 heavy (non-hydrogen) atoms. The van der Waals surface area contributed by atoms with Crippen molar-refractivity contribution in [2.24, 2.45) is 0 Å². The van der Waals surface area contributed by atoms with Gasteiger partial charge in [-0.25, -0.2) is 19.2 Å². The predicted molar refractivity (Wildman–Crippen MR) is 110 cm³/mol. The number of rotatable bonds is 4. The molecule has 0 radical (unpaired) electrons. The van der Waals surface area contributed by atoms with Gasteiger partial charge in [0, 0.05) is 17.4 Å². The molecule has 0 saturated heterocycles. The average molecular weight is 388 g/mol. The number of ether oxygens (including phenoxy) is 1. The fraction of sp³-hybridized carbons (Fsp3) is 0.0455. The van der Waals surface area contributed by atoms with Crippen molar-refractivity contribution in [3.63, 3.8) is 0 Å². The zero-order valence-corrected chi connectivity index (χ0v) is 15.5. The van der Waals surface area contributed by atoms with Crippen LogP contribution in [0.3, 0.4) is 0 Å². The van der Waals surface area contributed by atoms with Crippen LogP contribution < -0.4 is 15.4 Å². The lowest BCUT2D eigenvalue weighted by Crippen LogP contribution is -2.19. The van der Waals surface area contributed by atoms with E-state index < -0.39 is 0 Å². The molecule has 0 aliphatic rings. The second-order valence-electron chi connectivity index (χ2n) is 6.37. The Labute approximate surface area is 166 Å². The summed E-state index contributed by atoms with van der Waals surface area (Å²) in [5, 5.41) is 6.12. The van der Waals surface area contributed by atoms with Crippen LogP contribution in [0.2, 0.25) is 0 Å². The van der Waals surface area contributed by atoms with E-state index in [1.165, 1.54) is 12.4 Å². The van der Waals surface area contributed by atoms with Gasteiger partial charge >= 0.3 is 6.03 Å². The Hall–Kier alpha value is -4.00. The summed E-state index contributed by atoms with van der Waals surface area (Å²) < 4.78 is 19.6. The minimum absolute atomic E-state index is 0.327. The number of aromatic nitrogens is 2. The number of hydrogen-bond donors (Lipinski definition) is 2. The molecule has 1 aromatic heterocycles. The lowest BCUT2D eigenvalue weighted by Gasteiger charge is -2.10. The minimum atomic E-state index is -0.343. The molecule has 144 valence electrons. The summed E-state index contributed by atoms with van der Waals surface area (Å²) in [6.07, 6.45) is 1.33. The molecule has 6 nitrogen and oxygen atoms in total. The Balaban J connectivity index is 1.47. The molecular weight excluding hydrogens is 371 g/mol. The van der Waals surface area contributed by atoms with Crippen molar-refractivity contribution in [1.82, 2.24) is 9.97 Å². The van der Waals surface area contributed by atoms with Gasteiger partial charge in [0.25, 0.3) is 0 Å². The average Bonchev–Trinajstić information content (AvgIpc) is 2.71. The van der Waals surface area contributed by atoms with Crippen LogP contribution in [0.1, 0.15) is 5.56 Å². The molecule has 2 amide bonds. The van der Waals surface area contributed by atoms with Crippen LogP contribution in [0.5, 0.6) is 11.6 Å². The quantitative estimate of drug-likeness (QED) is 0.483. The fourth-order valence-corrected chi connectivity index (χ4v) is 2.78. The summed E-state index contributed by atoms with van der Waals surface area (Å²) >= 11 is 0. The Bertz CT molecular complexity index is 1160. The third-order valence-corrected chi connectivity index (χ3v) is 4.24. The van der Waals surface area contributed by atoms with E-state index in [9.17, 15) is 9.18 Å². The number of halogens is 1. The Morgan fingerprint density at radius 3 is 2.34 bits per heavy atom. The maximum Gasteiger partial charge on any atom is 0.323 e. The van der Waals surface area contributed by atoms with Gasteiger partial charge in [0.15, 0.2) is 0 Å². The second kappa shape index (κ2) is 7.93. The molecule has 4 rings (SSSR count). The Kier molecular flexibility index (Phi) is 5.03. The van der Waals surface area contributed by atoms with E-state index in [4.69, 9.17) is 4.74 Å². The first-order valence-electron chi connectivity index (χ1n) is 8.90. The number of amides is 2. The lowest BCUT2D eigenvalue weighted by atomic mass is 10.1. The molecule has 4 aromatic rings. The van der Waals surface area contributed by atoms with E-state index in [1.54, 1.807) is 49.4 Å². The number of aryl methyl sites for hydroxylation is 1. The first kappa shape index (κ1) is 18.4. The number of hydrogen-bond acceptors (Lipinski definition) is 4. The monoisotopic (exact) mass is 388 g/mol.